The molecule has 0 bridgehead atoms. The van der Waals surface area contributed by atoms with Crippen LogP contribution in [0.15, 0.2) is 46.0 Å². The summed E-state index contributed by atoms with van der Waals surface area (Å²) < 4.78 is 5.53. The molecule has 0 atom stereocenters. The molecule has 0 saturated heterocycles. The Labute approximate surface area is 151 Å². The minimum absolute atomic E-state index is 0.0185. The van der Waals surface area contributed by atoms with Gasteiger partial charge in [0.1, 0.15) is 5.52 Å². The predicted octanol–water partition coefficient (Wildman–Crippen LogP) is 4.43. The molecular formula is C16H12ClN3O4S. The third-order valence-electron chi connectivity index (χ3n) is 3.35. The first kappa shape index (κ1) is 17.2. The number of nitrogens with one attached hydrogen (secondary N) is 1. The number of nitrogens with zero attached hydrogens (tertiary/aromatic N) is 2. The second-order valence-electron chi connectivity index (χ2n) is 5.19. The van der Waals surface area contributed by atoms with Crippen LogP contribution in [0.2, 0.25) is 5.02 Å². The third-order valence-corrected chi connectivity index (χ3v) is 4.41. The molecule has 0 aliphatic rings. The van der Waals surface area contributed by atoms with Gasteiger partial charge in [0.2, 0.25) is 5.91 Å². The van der Waals surface area contributed by atoms with E-state index in [1.807, 2.05) is 0 Å². The minimum Gasteiger partial charge on any atom is -0.431 e. The number of amides is 1. The van der Waals surface area contributed by atoms with Gasteiger partial charge in [-0.2, -0.15) is 0 Å². The Morgan fingerprint density at radius 1 is 1.36 bits per heavy atom. The number of hydrogen-bond donors (Lipinski definition) is 1. The molecule has 0 fully saturated rings. The molecule has 0 aliphatic heterocycles. The SMILES string of the molecule is Cc1cc([N+](=O)[O-])ccc1NC(=O)CSc1nc2cc(Cl)ccc2o1. The van der Waals surface area contributed by atoms with Gasteiger partial charge in [-0.25, -0.2) is 4.98 Å². The number of hydrogen-bond acceptors (Lipinski definition) is 6. The second-order valence-corrected chi connectivity index (χ2v) is 6.55. The monoisotopic (exact) mass is 377 g/mol. The molecule has 0 spiro atoms. The Morgan fingerprint density at radius 2 is 2.16 bits per heavy atom. The van der Waals surface area contributed by atoms with Crippen molar-refractivity contribution in [2.45, 2.75) is 12.1 Å². The van der Waals surface area contributed by atoms with E-state index in [0.717, 1.165) is 11.8 Å². The normalized spacial score (nSPS) is 10.8. The molecule has 0 aliphatic carbocycles. The maximum atomic E-state index is 12.1. The van der Waals surface area contributed by atoms with Gasteiger partial charge in [0.15, 0.2) is 5.58 Å². The molecule has 7 nitrogen and oxygen atoms in total. The van der Waals surface area contributed by atoms with Gasteiger partial charge in [-0.1, -0.05) is 23.4 Å². The molecule has 2 aromatic carbocycles. The number of nitro benzene ring substituents is 1. The summed E-state index contributed by atoms with van der Waals surface area (Å²) in [6.07, 6.45) is 0. The van der Waals surface area contributed by atoms with Crippen LogP contribution in [0.4, 0.5) is 11.4 Å². The van der Waals surface area contributed by atoms with E-state index in [2.05, 4.69) is 10.3 Å². The van der Waals surface area contributed by atoms with Crippen molar-refractivity contribution >= 4 is 51.7 Å². The van der Waals surface area contributed by atoms with Crippen molar-refractivity contribution in [3.05, 3.63) is 57.1 Å². The Morgan fingerprint density at radius 3 is 2.88 bits per heavy atom. The highest BCUT2D eigenvalue weighted by molar-refractivity contribution is 7.99. The van der Waals surface area contributed by atoms with E-state index in [9.17, 15) is 14.9 Å². The fourth-order valence-electron chi connectivity index (χ4n) is 2.16. The van der Waals surface area contributed by atoms with E-state index in [1.54, 1.807) is 25.1 Å². The van der Waals surface area contributed by atoms with Gasteiger partial charge in [0, 0.05) is 22.8 Å². The number of nitro groups is 1. The van der Waals surface area contributed by atoms with E-state index in [1.165, 1.54) is 18.2 Å². The molecule has 1 heterocycles. The number of carbonyl (C=O) groups is 1. The van der Waals surface area contributed by atoms with Gasteiger partial charge >= 0.3 is 0 Å². The number of fused-ring (bicyclic) bond motifs is 1. The van der Waals surface area contributed by atoms with Crippen LogP contribution >= 0.6 is 23.4 Å². The quantitative estimate of drug-likeness (QED) is 0.401. The van der Waals surface area contributed by atoms with Gasteiger partial charge in [0.25, 0.3) is 10.9 Å². The summed E-state index contributed by atoms with van der Waals surface area (Å²) in [4.78, 5) is 26.6. The molecule has 0 saturated carbocycles. The Balaban J connectivity index is 1.63. The van der Waals surface area contributed by atoms with Crippen molar-refractivity contribution in [1.82, 2.24) is 4.98 Å². The average molecular weight is 378 g/mol. The van der Waals surface area contributed by atoms with Crippen molar-refractivity contribution in [2.75, 3.05) is 11.1 Å². The van der Waals surface area contributed by atoms with Gasteiger partial charge in [-0.3, -0.25) is 14.9 Å². The highest BCUT2D eigenvalue weighted by Crippen LogP contribution is 2.26. The van der Waals surface area contributed by atoms with E-state index < -0.39 is 4.92 Å². The van der Waals surface area contributed by atoms with Crippen LogP contribution in [0.1, 0.15) is 5.56 Å². The largest absolute Gasteiger partial charge is 0.431 e. The molecule has 0 radical (unpaired) electrons. The molecule has 0 unspecified atom stereocenters. The smallest absolute Gasteiger partial charge is 0.269 e. The molecule has 25 heavy (non-hydrogen) atoms. The van der Waals surface area contributed by atoms with Crippen LogP contribution in [-0.4, -0.2) is 21.6 Å². The number of aryl methyl sites for hydroxylation is 1. The highest BCUT2D eigenvalue weighted by Gasteiger charge is 2.12. The van der Waals surface area contributed by atoms with Crippen molar-refractivity contribution in [3.8, 4) is 0 Å². The van der Waals surface area contributed by atoms with Crippen LogP contribution in [0.25, 0.3) is 11.1 Å². The van der Waals surface area contributed by atoms with Crippen molar-refractivity contribution in [3.63, 3.8) is 0 Å². The predicted molar refractivity (Wildman–Crippen MR) is 96.2 cm³/mol. The lowest BCUT2D eigenvalue weighted by atomic mass is 10.2. The lowest BCUT2D eigenvalue weighted by Gasteiger charge is -2.07. The number of aromatic nitrogens is 1. The molecule has 1 aromatic heterocycles. The van der Waals surface area contributed by atoms with E-state index in [4.69, 9.17) is 16.0 Å². The Bertz CT molecular complexity index is 973. The van der Waals surface area contributed by atoms with Gasteiger partial charge in [0.05, 0.1) is 10.7 Å². The summed E-state index contributed by atoms with van der Waals surface area (Å²) in [7, 11) is 0. The Hall–Kier alpha value is -2.58. The number of benzene rings is 2. The molecule has 9 heteroatoms. The maximum Gasteiger partial charge on any atom is 0.269 e. The molecule has 3 aromatic rings. The summed E-state index contributed by atoms with van der Waals surface area (Å²) >= 11 is 7.05. The minimum atomic E-state index is -0.478. The van der Waals surface area contributed by atoms with Crippen LogP contribution in [0, 0.1) is 17.0 Å². The van der Waals surface area contributed by atoms with Crippen LogP contribution in [-0.2, 0) is 4.79 Å². The topological polar surface area (TPSA) is 98.3 Å². The summed E-state index contributed by atoms with van der Waals surface area (Å²) in [5.74, 6) is -0.168. The van der Waals surface area contributed by atoms with Crippen LogP contribution in [0.5, 0.6) is 0 Å². The highest BCUT2D eigenvalue weighted by atomic mass is 35.5. The number of thioether (sulfide) groups is 1. The van der Waals surface area contributed by atoms with Crippen LogP contribution in [0.3, 0.4) is 0 Å². The zero-order chi connectivity index (χ0) is 18.0. The lowest BCUT2D eigenvalue weighted by molar-refractivity contribution is -0.384. The lowest BCUT2D eigenvalue weighted by Crippen LogP contribution is -2.14. The second kappa shape index (κ2) is 7.12. The van der Waals surface area contributed by atoms with Crippen molar-refractivity contribution in [1.29, 1.82) is 0 Å². The fraction of sp³-hybridized carbons (Fsp3) is 0.125. The summed E-state index contributed by atoms with van der Waals surface area (Å²) in [5, 5.41) is 14.4. The van der Waals surface area contributed by atoms with Crippen LogP contribution < -0.4 is 5.32 Å². The summed E-state index contributed by atoms with van der Waals surface area (Å²) in [6, 6.07) is 9.37. The molecular weight excluding hydrogens is 366 g/mol. The number of rotatable bonds is 5. The molecule has 1 amide bonds. The summed E-state index contributed by atoms with van der Waals surface area (Å²) in [5.41, 5.74) is 2.35. The maximum absolute atomic E-state index is 12.1. The number of anilines is 1. The number of non-ortho nitro benzene ring substituents is 1. The third kappa shape index (κ3) is 4.09. The molecule has 128 valence electrons. The zero-order valence-electron chi connectivity index (χ0n) is 13.0. The average Bonchev–Trinajstić information content (AvgIpc) is 2.96. The van der Waals surface area contributed by atoms with Gasteiger partial charge in [-0.15, -0.1) is 0 Å². The molecule has 3 rings (SSSR count). The van der Waals surface area contributed by atoms with Gasteiger partial charge < -0.3 is 9.73 Å². The summed E-state index contributed by atoms with van der Waals surface area (Å²) in [6.45, 7) is 1.69. The Kier molecular flexibility index (Phi) is 4.91. The molecule has 1 N–H and O–H groups in total. The van der Waals surface area contributed by atoms with E-state index in [0.29, 0.717) is 32.6 Å². The zero-order valence-corrected chi connectivity index (χ0v) is 14.6. The standard InChI is InChI=1S/C16H12ClN3O4S/c1-9-6-11(20(22)23)3-4-12(9)18-15(21)8-25-16-19-13-7-10(17)2-5-14(13)24-16/h2-7H,8H2,1H3,(H,18,21). The fourth-order valence-corrected chi connectivity index (χ4v) is 2.96. The number of oxazole rings is 1. The number of halogens is 1. The first-order valence-corrected chi connectivity index (χ1v) is 8.52. The van der Waals surface area contributed by atoms with Crippen molar-refractivity contribution < 1.29 is 14.1 Å². The van der Waals surface area contributed by atoms with E-state index >= 15 is 0 Å². The first-order valence-electron chi connectivity index (χ1n) is 7.16. The first-order chi connectivity index (χ1) is 11.9. The number of carbonyl (C=O) groups excluding carboxylic acids is 1. The van der Waals surface area contributed by atoms with Gasteiger partial charge in [-0.05, 0) is 36.8 Å². The van der Waals surface area contributed by atoms with E-state index in [-0.39, 0.29) is 17.3 Å². The van der Waals surface area contributed by atoms with Crippen molar-refractivity contribution in [2.24, 2.45) is 0 Å².